The molecular formula is C17H34N4. The van der Waals surface area contributed by atoms with Gasteiger partial charge in [0, 0.05) is 18.1 Å². The summed E-state index contributed by atoms with van der Waals surface area (Å²) in [5.41, 5.74) is 0. The summed E-state index contributed by atoms with van der Waals surface area (Å²) in [7, 11) is 4.56. The zero-order valence-corrected chi connectivity index (χ0v) is 14.1. The molecule has 21 heavy (non-hydrogen) atoms. The van der Waals surface area contributed by atoms with E-state index < -0.39 is 0 Å². The van der Waals surface area contributed by atoms with Gasteiger partial charge in [0.15, 0.2) is 0 Å². The minimum absolute atomic E-state index is 0.841. The van der Waals surface area contributed by atoms with Crippen LogP contribution in [0.3, 0.4) is 0 Å². The third-order valence-electron chi connectivity index (χ3n) is 5.95. The van der Waals surface area contributed by atoms with Crippen LogP contribution in [0.1, 0.15) is 38.5 Å². The normalized spacial score (nSPS) is 29.3. The zero-order valence-electron chi connectivity index (χ0n) is 14.1. The third kappa shape index (κ3) is 3.98. The number of nitrogens with one attached hydrogen (secondary N) is 1. The van der Waals surface area contributed by atoms with Crippen molar-refractivity contribution >= 4 is 0 Å². The molecule has 0 aromatic rings. The zero-order chi connectivity index (χ0) is 14.7. The van der Waals surface area contributed by atoms with E-state index in [0.717, 1.165) is 18.1 Å². The fraction of sp³-hybridized carbons (Fsp3) is 1.00. The van der Waals surface area contributed by atoms with E-state index in [9.17, 15) is 0 Å². The molecule has 122 valence electrons. The molecule has 4 nitrogen and oxygen atoms in total. The topological polar surface area (TPSA) is 21.8 Å². The average molecular weight is 294 g/mol. The second-order valence-electron chi connectivity index (χ2n) is 7.50. The van der Waals surface area contributed by atoms with Gasteiger partial charge in [-0.2, -0.15) is 0 Å². The molecular weight excluding hydrogens is 260 g/mol. The maximum absolute atomic E-state index is 3.55. The lowest BCUT2D eigenvalue weighted by atomic mass is 9.91. The standard InChI is InChI=1S/C17H34N4/c1-19-11-5-16(6-12-19)21(15-3-9-18-10-4-15)17-7-13-20(2)14-8-17/h15-18H,3-14H2,1-2H3. The molecule has 3 heterocycles. The highest BCUT2D eigenvalue weighted by Gasteiger charge is 2.35. The average Bonchev–Trinajstić information content (AvgIpc) is 2.52. The molecule has 3 fully saturated rings. The Labute approximate surface area is 130 Å². The summed E-state index contributed by atoms with van der Waals surface area (Å²) in [5.74, 6) is 0. The molecule has 0 saturated carbocycles. The van der Waals surface area contributed by atoms with Crippen LogP contribution in [0.25, 0.3) is 0 Å². The van der Waals surface area contributed by atoms with Gasteiger partial charge >= 0.3 is 0 Å². The predicted octanol–water partition coefficient (Wildman–Crippen LogP) is 1.23. The molecule has 0 spiro atoms. The highest BCUT2D eigenvalue weighted by Crippen LogP contribution is 2.29. The number of piperidine rings is 3. The fourth-order valence-electron chi connectivity index (χ4n) is 4.59. The first-order chi connectivity index (χ1) is 10.2. The Morgan fingerprint density at radius 1 is 0.667 bits per heavy atom. The molecule has 0 aromatic heterocycles. The first-order valence-electron chi connectivity index (χ1n) is 9.09. The lowest BCUT2D eigenvalue weighted by Gasteiger charge is -2.49. The van der Waals surface area contributed by atoms with Crippen molar-refractivity contribution in [3.63, 3.8) is 0 Å². The lowest BCUT2D eigenvalue weighted by Crippen LogP contribution is -2.57. The molecule has 3 saturated heterocycles. The molecule has 0 bridgehead atoms. The summed E-state index contributed by atoms with van der Waals surface area (Å²) in [6.07, 6.45) is 8.25. The van der Waals surface area contributed by atoms with E-state index in [-0.39, 0.29) is 0 Å². The molecule has 1 N–H and O–H groups in total. The van der Waals surface area contributed by atoms with Gasteiger partial charge in [0.2, 0.25) is 0 Å². The van der Waals surface area contributed by atoms with Crippen LogP contribution >= 0.6 is 0 Å². The van der Waals surface area contributed by atoms with Crippen LogP contribution in [0, 0.1) is 0 Å². The molecule has 3 aliphatic rings. The van der Waals surface area contributed by atoms with E-state index in [1.165, 1.54) is 77.8 Å². The van der Waals surface area contributed by atoms with Crippen molar-refractivity contribution in [3.05, 3.63) is 0 Å². The van der Waals surface area contributed by atoms with Gasteiger partial charge in [0.1, 0.15) is 0 Å². The van der Waals surface area contributed by atoms with Gasteiger partial charge in [-0.3, -0.25) is 4.90 Å². The maximum Gasteiger partial charge on any atom is 0.0125 e. The SMILES string of the molecule is CN1CCC(N(C2CCNCC2)C2CCN(C)CC2)CC1. The molecule has 3 rings (SSSR count). The Bertz CT molecular complexity index is 278. The van der Waals surface area contributed by atoms with Crippen molar-refractivity contribution < 1.29 is 0 Å². The number of rotatable bonds is 3. The van der Waals surface area contributed by atoms with Gasteiger partial charge < -0.3 is 15.1 Å². The van der Waals surface area contributed by atoms with E-state index in [4.69, 9.17) is 0 Å². The minimum Gasteiger partial charge on any atom is -0.317 e. The van der Waals surface area contributed by atoms with E-state index in [1.54, 1.807) is 0 Å². The Balaban J connectivity index is 1.67. The quantitative estimate of drug-likeness (QED) is 0.845. The first kappa shape index (κ1) is 15.7. The number of likely N-dealkylation sites (tertiary alicyclic amines) is 2. The molecule has 3 aliphatic heterocycles. The molecule has 0 aliphatic carbocycles. The molecule has 0 amide bonds. The van der Waals surface area contributed by atoms with E-state index in [1.807, 2.05) is 0 Å². The Kier molecular flexibility index (Phi) is 5.54. The van der Waals surface area contributed by atoms with Crippen molar-refractivity contribution in [3.8, 4) is 0 Å². The predicted molar refractivity (Wildman–Crippen MR) is 88.8 cm³/mol. The molecule has 0 atom stereocenters. The fourth-order valence-corrected chi connectivity index (χ4v) is 4.59. The van der Waals surface area contributed by atoms with E-state index in [2.05, 4.69) is 34.1 Å². The second kappa shape index (κ2) is 7.40. The summed E-state index contributed by atoms with van der Waals surface area (Å²) < 4.78 is 0. The summed E-state index contributed by atoms with van der Waals surface area (Å²) in [5, 5.41) is 3.55. The van der Waals surface area contributed by atoms with Gasteiger partial charge in [-0.1, -0.05) is 0 Å². The van der Waals surface area contributed by atoms with Crippen molar-refractivity contribution in [2.24, 2.45) is 0 Å². The third-order valence-corrected chi connectivity index (χ3v) is 5.95. The Morgan fingerprint density at radius 3 is 1.48 bits per heavy atom. The second-order valence-corrected chi connectivity index (χ2v) is 7.50. The van der Waals surface area contributed by atoms with Gasteiger partial charge in [-0.15, -0.1) is 0 Å². The molecule has 4 heteroatoms. The summed E-state index contributed by atoms with van der Waals surface area (Å²) >= 11 is 0. The van der Waals surface area contributed by atoms with Crippen molar-refractivity contribution in [1.29, 1.82) is 0 Å². The smallest absolute Gasteiger partial charge is 0.0125 e. The number of hydrogen-bond acceptors (Lipinski definition) is 4. The highest BCUT2D eigenvalue weighted by molar-refractivity contribution is 4.92. The van der Waals surface area contributed by atoms with Crippen LogP contribution in [0.4, 0.5) is 0 Å². The van der Waals surface area contributed by atoms with Crippen LogP contribution in [0.15, 0.2) is 0 Å². The van der Waals surface area contributed by atoms with Crippen molar-refractivity contribution in [2.45, 2.75) is 56.7 Å². The monoisotopic (exact) mass is 294 g/mol. The van der Waals surface area contributed by atoms with Crippen LogP contribution < -0.4 is 5.32 Å². The largest absolute Gasteiger partial charge is 0.317 e. The molecule has 0 aromatic carbocycles. The Morgan fingerprint density at radius 2 is 1.05 bits per heavy atom. The van der Waals surface area contributed by atoms with E-state index >= 15 is 0 Å². The highest BCUT2D eigenvalue weighted by atomic mass is 15.3. The van der Waals surface area contributed by atoms with Gasteiger partial charge in [-0.05, 0) is 91.9 Å². The molecule has 0 unspecified atom stereocenters. The number of hydrogen-bond donors (Lipinski definition) is 1. The van der Waals surface area contributed by atoms with Gasteiger partial charge in [0.05, 0.1) is 0 Å². The van der Waals surface area contributed by atoms with Crippen LogP contribution in [0.5, 0.6) is 0 Å². The Hall–Kier alpha value is -0.160. The van der Waals surface area contributed by atoms with Crippen LogP contribution in [-0.4, -0.2) is 86.2 Å². The summed E-state index contributed by atoms with van der Waals surface area (Å²) in [4.78, 5) is 8.01. The number of nitrogens with zero attached hydrogens (tertiary/aromatic N) is 3. The van der Waals surface area contributed by atoms with Crippen LogP contribution in [-0.2, 0) is 0 Å². The molecule has 0 radical (unpaired) electrons. The van der Waals surface area contributed by atoms with Gasteiger partial charge in [0.25, 0.3) is 0 Å². The van der Waals surface area contributed by atoms with Crippen molar-refractivity contribution in [2.75, 3.05) is 53.4 Å². The lowest BCUT2D eigenvalue weighted by molar-refractivity contribution is 0.00537. The van der Waals surface area contributed by atoms with E-state index in [0.29, 0.717) is 0 Å². The summed E-state index contributed by atoms with van der Waals surface area (Å²) in [6, 6.07) is 2.53. The first-order valence-corrected chi connectivity index (χ1v) is 9.09. The van der Waals surface area contributed by atoms with Gasteiger partial charge in [-0.25, -0.2) is 0 Å². The summed E-state index contributed by atoms with van der Waals surface area (Å²) in [6.45, 7) is 7.61. The van der Waals surface area contributed by atoms with Crippen LogP contribution in [0.2, 0.25) is 0 Å². The minimum atomic E-state index is 0.841. The maximum atomic E-state index is 3.55. The van der Waals surface area contributed by atoms with Crippen molar-refractivity contribution in [1.82, 2.24) is 20.0 Å².